The molecule has 2 nitrogen and oxygen atoms in total. The van der Waals surface area contributed by atoms with Crippen molar-refractivity contribution in [2.75, 3.05) is 20.3 Å². The number of ether oxygens (including phenoxy) is 1. The molecule has 0 radical (unpaired) electrons. The maximum absolute atomic E-state index is 5.43. The Labute approximate surface area is 68.5 Å². The van der Waals surface area contributed by atoms with Crippen molar-refractivity contribution in [2.24, 2.45) is 5.92 Å². The van der Waals surface area contributed by atoms with Gasteiger partial charge in [0, 0.05) is 18.0 Å². The summed E-state index contributed by atoms with van der Waals surface area (Å²) in [6.45, 7) is 4.26. The van der Waals surface area contributed by atoms with Crippen molar-refractivity contribution in [1.29, 1.82) is 0 Å². The second kappa shape index (κ2) is 2.76. The first-order chi connectivity index (χ1) is 5.33. The number of rotatable bonds is 1. The van der Waals surface area contributed by atoms with Crippen LogP contribution in [0.1, 0.15) is 19.8 Å². The van der Waals surface area contributed by atoms with Crippen LogP contribution in [0.25, 0.3) is 0 Å². The predicted molar refractivity (Wildman–Crippen MR) is 44.6 cm³/mol. The van der Waals surface area contributed by atoms with Gasteiger partial charge in [0.2, 0.25) is 0 Å². The summed E-state index contributed by atoms with van der Waals surface area (Å²) in [4.78, 5) is 2.51. The molecule has 0 spiro atoms. The zero-order valence-electron chi connectivity index (χ0n) is 7.42. The van der Waals surface area contributed by atoms with Crippen molar-refractivity contribution in [3.05, 3.63) is 0 Å². The molecule has 2 rings (SSSR count). The van der Waals surface area contributed by atoms with Gasteiger partial charge >= 0.3 is 0 Å². The minimum Gasteiger partial charge on any atom is -0.379 e. The van der Waals surface area contributed by atoms with Crippen molar-refractivity contribution < 1.29 is 4.74 Å². The third kappa shape index (κ3) is 1.09. The second-order valence-electron chi connectivity index (χ2n) is 3.83. The summed E-state index contributed by atoms with van der Waals surface area (Å²) in [5.74, 6) is 0.838. The SMILES string of the molecule is CC[C@@H]1CC2COCC2N1C. The fourth-order valence-corrected chi connectivity index (χ4v) is 2.50. The summed E-state index contributed by atoms with van der Waals surface area (Å²) in [5, 5.41) is 0. The molecule has 0 amide bonds. The van der Waals surface area contributed by atoms with E-state index in [1.54, 1.807) is 0 Å². The molecule has 0 aliphatic carbocycles. The maximum atomic E-state index is 5.43. The first kappa shape index (κ1) is 7.56. The molecule has 0 saturated carbocycles. The highest BCUT2D eigenvalue weighted by Crippen LogP contribution is 2.33. The number of fused-ring (bicyclic) bond motifs is 1. The minimum atomic E-state index is 0.736. The van der Waals surface area contributed by atoms with Crippen LogP contribution >= 0.6 is 0 Å². The lowest BCUT2D eigenvalue weighted by Gasteiger charge is -2.22. The van der Waals surface area contributed by atoms with Crippen molar-refractivity contribution in [3.63, 3.8) is 0 Å². The lowest BCUT2D eigenvalue weighted by Crippen LogP contribution is -2.33. The van der Waals surface area contributed by atoms with E-state index in [0.29, 0.717) is 0 Å². The largest absolute Gasteiger partial charge is 0.379 e. The van der Waals surface area contributed by atoms with Gasteiger partial charge in [0.1, 0.15) is 0 Å². The number of nitrogens with zero attached hydrogens (tertiary/aromatic N) is 1. The number of hydrogen-bond donors (Lipinski definition) is 0. The molecule has 2 unspecified atom stereocenters. The molecule has 64 valence electrons. The van der Waals surface area contributed by atoms with Crippen LogP contribution in [0.2, 0.25) is 0 Å². The fourth-order valence-electron chi connectivity index (χ4n) is 2.50. The molecule has 2 saturated heterocycles. The van der Waals surface area contributed by atoms with Crippen LogP contribution in [0, 0.1) is 5.92 Å². The standard InChI is InChI=1S/C9H17NO/c1-3-8-4-7-5-11-6-9(7)10(8)2/h7-9H,3-6H2,1-2H3/t7?,8-,9?/m1/s1. The molecule has 2 heterocycles. The van der Waals surface area contributed by atoms with E-state index in [2.05, 4.69) is 18.9 Å². The Morgan fingerprint density at radius 3 is 2.91 bits per heavy atom. The molecular weight excluding hydrogens is 138 g/mol. The lowest BCUT2D eigenvalue weighted by molar-refractivity contribution is 0.136. The van der Waals surface area contributed by atoms with Crippen LogP contribution in [0.5, 0.6) is 0 Å². The van der Waals surface area contributed by atoms with E-state index >= 15 is 0 Å². The lowest BCUT2D eigenvalue weighted by atomic mass is 10.0. The van der Waals surface area contributed by atoms with E-state index in [1.165, 1.54) is 12.8 Å². The smallest absolute Gasteiger partial charge is 0.0625 e. The van der Waals surface area contributed by atoms with E-state index < -0.39 is 0 Å². The molecule has 0 aromatic rings. The summed E-state index contributed by atoms with van der Waals surface area (Å²) in [6, 6.07) is 1.56. The third-order valence-corrected chi connectivity index (χ3v) is 3.31. The normalized spacial score (nSPS) is 44.7. The van der Waals surface area contributed by atoms with Gasteiger partial charge in [0.25, 0.3) is 0 Å². The molecule has 0 aromatic heterocycles. The Kier molecular flexibility index (Phi) is 1.90. The Balaban J connectivity index is 2.04. The van der Waals surface area contributed by atoms with Crippen molar-refractivity contribution >= 4 is 0 Å². The van der Waals surface area contributed by atoms with Gasteiger partial charge in [-0.05, 0) is 19.9 Å². The number of likely N-dealkylation sites (N-methyl/N-ethyl adjacent to an activating group) is 1. The zero-order valence-corrected chi connectivity index (χ0v) is 7.42. The van der Waals surface area contributed by atoms with Crippen LogP contribution in [0.3, 0.4) is 0 Å². The van der Waals surface area contributed by atoms with Gasteiger partial charge in [-0.3, -0.25) is 4.90 Å². The minimum absolute atomic E-state index is 0.736. The Morgan fingerprint density at radius 1 is 1.45 bits per heavy atom. The van der Waals surface area contributed by atoms with Gasteiger partial charge in [-0.2, -0.15) is 0 Å². The fraction of sp³-hybridized carbons (Fsp3) is 1.00. The van der Waals surface area contributed by atoms with Crippen LogP contribution in [0.15, 0.2) is 0 Å². The molecule has 0 aromatic carbocycles. The topological polar surface area (TPSA) is 12.5 Å². The van der Waals surface area contributed by atoms with Gasteiger partial charge in [0.05, 0.1) is 13.2 Å². The van der Waals surface area contributed by atoms with Gasteiger partial charge in [0.15, 0.2) is 0 Å². The molecule has 2 aliphatic rings. The highest BCUT2D eigenvalue weighted by atomic mass is 16.5. The quantitative estimate of drug-likeness (QED) is 0.562. The molecular formula is C9H17NO. The summed E-state index contributed by atoms with van der Waals surface area (Å²) >= 11 is 0. The van der Waals surface area contributed by atoms with Crippen LogP contribution in [-0.2, 0) is 4.74 Å². The summed E-state index contributed by atoms with van der Waals surface area (Å²) in [7, 11) is 2.24. The Morgan fingerprint density at radius 2 is 2.27 bits per heavy atom. The molecule has 2 heteroatoms. The molecule has 2 aliphatic heterocycles. The summed E-state index contributed by atoms with van der Waals surface area (Å²) < 4.78 is 5.43. The van der Waals surface area contributed by atoms with Crippen LogP contribution in [-0.4, -0.2) is 37.2 Å². The predicted octanol–water partition coefficient (Wildman–Crippen LogP) is 1.12. The van der Waals surface area contributed by atoms with Crippen molar-refractivity contribution in [3.8, 4) is 0 Å². The van der Waals surface area contributed by atoms with Gasteiger partial charge in [-0.15, -0.1) is 0 Å². The summed E-state index contributed by atoms with van der Waals surface area (Å²) in [6.07, 6.45) is 2.65. The first-order valence-electron chi connectivity index (χ1n) is 4.62. The van der Waals surface area contributed by atoms with E-state index in [0.717, 1.165) is 31.2 Å². The average molecular weight is 155 g/mol. The average Bonchev–Trinajstić information content (AvgIpc) is 2.53. The highest BCUT2D eigenvalue weighted by Gasteiger charge is 2.41. The third-order valence-electron chi connectivity index (χ3n) is 3.31. The summed E-state index contributed by atoms with van der Waals surface area (Å²) in [5.41, 5.74) is 0. The van der Waals surface area contributed by atoms with Crippen LogP contribution < -0.4 is 0 Å². The number of likely N-dealkylation sites (tertiary alicyclic amines) is 1. The Hall–Kier alpha value is -0.0800. The van der Waals surface area contributed by atoms with E-state index in [-0.39, 0.29) is 0 Å². The number of hydrogen-bond acceptors (Lipinski definition) is 2. The van der Waals surface area contributed by atoms with E-state index in [9.17, 15) is 0 Å². The zero-order chi connectivity index (χ0) is 7.84. The van der Waals surface area contributed by atoms with Gasteiger partial charge < -0.3 is 4.74 Å². The second-order valence-corrected chi connectivity index (χ2v) is 3.83. The molecule has 2 fully saturated rings. The Bertz CT molecular complexity index is 148. The first-order valence-corrected chi connectivity index (χ1v) is 4.62. The van der Waals surface area contributed by atoms with E-state index in [4.69, 9.17) is 4.74 Å². The molecule has 11 heavy (non-hydrogen) atoms. The maximum Gasteiger partial charge on any atom is 0.0625 e. The molecule has 0 bridgehead atoms. The van der Waals surface area contributed by atoms with Crippen molar-refractivity contribution in [1.82, 2.24) is 4.90 Å². The van der Waals surface area contributed by atoms with Crippen molar-refractivity contribution in [2.45, 2.75) is 31.8 Å². The monoisotopic (exact) mass is 155 g/mol. The highest BCUT2D eigenvalue weighted by molar-refractivity contribution is 4.94. The van der Waals surface area contributed by atoms with Gasteiger partial charge in [-0.1, -0.05) is 6.92 Å². The van der Waals surface area contributed by atoms with Crippen LogP contribution in [0.4, 0.5) is 0 Å². The molecule has 0 N–H and O–H groups in total. The van der Waals surface area contributed by atoms with E-state index in [1.807, 2.05) is 0 Å². The molecule has 3 atom stereocenters. The van der Waals surface area contributed by atoms with Gasteiger partial charge in [-0.25, -0.2) is 0 Å².